The van der Waals surface area contributed by atoms with Crippen molar-refractivity contribution in [2.75, 3.05) is 19.0 Å². The third kappa shape index (κ3) is 3.50. The number of fused-ring (bicyclic) bond motifs is 3. The van der Waals surface area contributed by atoms with Crippen molar-refractivity contribution in [2.24, 2.45) is 10.6 Å². The van der Waals surface area contributed by atoms with Crippen LogP contribution in [0.25, 0.3) is 0 Å². The predicted molar refractivity (Wildman–Crippen MR) is 119 cm³/mol. The highest BCUT2D eigenvalue weighted by atomic mass is 32.2. The van der Waals surface area contributed by atoms with Crippen LogP contribution in [0.15, 0.2) is 11.0 Å². The van der Waals surface area contributed by atoms with Crippen molar-refractivity contribution in [3.63, 3.8) is 0 Å². The first-order valence-corrected chi connectivity index (χ1v) is 12.5. The standard InChI is InChI=1S/C22H29N5O4S/c1-22(2)10-27-21(31-11-22)19(32(23,24)29)18(26-27)20(28)25-17-15-6-4-5-12(15)7-13-8-14(30-3)9-16(13)17/h7,14H,4-6,8-11H2,1-3H3,(H,25,28)(H3,23,24,29)/t14-/m0/s1. The Morgan fingerprint density at radius 3 is 2.84 bits per heavy atom. The van der Waals surface area contributed by atoms with Gasteiger partial charge in [0.15, 0.2) is 10.6 Å². The van der Waals surface area contributed by atoms with Gasteiger partial charge in [-0.3, -0.25) is 4.79 Å². The highest BCUT2D eigenvalue weighted by molar-refractivity contribution is 7.90. The average Bonchev–Trinajstić information content (AvgIpc) is 3.41. The number of ether oxygens (including phenoxy) is 2. The Bertz CT molecular complexity index is 1230. The van der Waals surface area contributed by atoms with Crippen molar-refractivity contribution in [3.05, 3.63) is 34.0 Å². The van der Waals surface area contributed by atoms with Gasteiger partial charge in [-0.1, -0.05) is 19.9 Å². The van der Waals surface area contributed by atoms with Crippen LogP contribution in [0, 0.1) is 10.2 Å². The normalized spacial score (nSPS) is 22.4. The van der Waals surface area contributed by atoms with Crippen molar-refractivity contribution in [1.29, 1.82) is 4.78 Å². The second-order valence-electron chi connectivity index (χ2n) is 9.79. The molecule has 1 amide bonds. The molecule has 3 aliphatic rings. The topological polar surface area (TPSA) is 132 Å². The summed E-state index contributed by atoms with van der Waals surface area (Å²) in [6.07, 6.45) is 4.56. The summed E-state index contributed by atoms with van der Waals surface area (Å²) in [7, 11) is -2.02. The average molecular weight is 460 g/mol. The number of carbonyl (C=O) groups excluding carboxylic acids is 1. The number of amides is 1. The summed E-state index contributed by atoms with van der Waals surface area (Å²) in [4.78, 5) is 13.3. The first-order chi connectivity index (χ1) is 15.1. The molecule has 0 bridgehead atoms. The first kappa shape index (κ1) is 21.4. The number of benzene rings is 1. The summed E-state index contributed by atoms with van der Waals surface area (Å²) >= 11 is 0. The van der Waals surface area contributed by atoms with Gasteiger partial charge >= 0.3 is 0 Å². The molecule has 0 fully saturated rings. The minimum atomic E-state index is -3.73. The summed E-state index contributed by atoms with van der Waals surface area (Å²) in [5.74, 6) is -0.364. The molecule has 2 atom stereocenters. The molecule has 32 heavy (non-hydrogen) atoms. The van der Waals surface area contributed by atoms with E-state index in [2.05, 4.69) is 16.5 Å². The van der Waals surface area contributed by atoms with Crippen molar-refractivity contribution in [2.45, 2.75) is 63.5 Å². The van der Waals surface area contributed by atoms with Crippen LogP contribution < -0.4 is 15.2 Å². The molecule has 2 heterocycles. The zero-order chi connectivity index (χ0) is 22.8. The van der Waals surface area contributed by atoms with Gasteiger partial charge in [-0.25, -0.2) is 18.8 Å². The maximum absolute atomic E-state index is 13.5. The van der Waals surface area contributed by atoms with E-state index in [9.17, 15) is 9.00 Å². The maximum Gasteiger partial charge on any atom is 0.277 e. The molecular formula is C22H29N5O4S. The molecule has 1 aromatic carbocycles. The Morgan fingerprint density at radius 1 is 1.34 bits per heavy atom. The van der Waals surface area contributed by atoms with Crippen LogP contribution in [0.3, 0.4) is 0 Å². The van der Waals surface area contributed by atoms with E-state index in [-0.39, 0.29) is 28.0 Å². The fourth-order valence-electron chi connectivity index (χ4n) is 5.12. The third-order valence-corrected chi connectivity index (χ3v) is 7.59. The Kier molecular flexibility index (Phi) is 4.88. The van der Waals surface area contributed by atoms with Gasteiger partial charge in [0, 0.05) is 24.6 Å². The molecule has 0 saturated carbocycles. The van der Waals surface area contributed by atoms with Gasteiger partial charge in [0.25, 0.3) is 5.91 Å². The van der Waals surface area contributed by atoms with Crippen LogP contribution in [-0.4, -0.2) is 39.7 Å². The molecule has 10 heteroatoms. The molecule has 5 rings (SSSR count). The van der Waals surface area contributed by atoms with E-state index in [0.717, 1.165) is 48.9 Å². The van der Waals surface area contributed by atoms with Gasteiger partial charge < -0.3 is 14.8 Å². The quantitative estimate of drug-likeness (QED) is 0.646. The smallest absolute Gasteiger partial charge is 0.277 e. The molecule has 2 aromatic rings. The number of aromatic nitrogens is 2. The van der Waals surface area contributed by atoms with Gasteiger partial charge in [-0.2, -0.15) is 5.10 Å². The Labute approximate surface area is 187 Å². The Hall–Kier alpha value is -2.43. The zero-order valence-electron chi connectivity index (χ0n) is 18.6. The highest BCUT2D eigenvalue weighted by Gasteiger charge is 2.37. The molecule has 1 unspecified atom stereocenters. The summed E-state index contributed by atoms with van der Waals surface area (Å²) in [5, 5.41) is 13.2. The van der Waals surface area contributed by atoms with Gasteiger partial charge in [0.2, 0.25) is 5.88 Å². The number of rotatable bonds is 4. The molecule has 0 saturated heterocycles. The highest BCUT2D eigenvalue weighted by Crippen LogP contribution is 2.40. The van der Waals surface area contributed by atoms with E-state index in [1.807, 2.05) is 13.8 Å². The van der Waals surface area contributed by atoms with E-state index in [1.165, 1.54) is 15.8 Å². The molecule has 172 valence electrons. The Balaban J connectivity index is 1.57. The number of nitrogens with one attached hydrogen (secondary N) is 2. The fraction of sp³-hybridized carbons (Fsp3) is 0.545. The van der Waals surface area contributed by atoms with Crippen molar-refractivity contribution < 1.29 is 18.5 Å². The van der Waals surface area contributed by atoms with Gasteiger partial charge in [0.1, 0.15) is 9.92 Å². The second kappa shape index (κ2) is 7.29. The van der Waals surface area contributed by atoms with E-state index in [1.54, 1.807) is 7.11 Å². The number of carbonyl (C=O) groups is 1. The van der Waals surface area contributed by atoms with Crippen molar-refractivity contribution >= 4 is 21.5 Å². The fourth-order valence-corrected chi connectivity index (χ4v) is 5.96. The third-order valence-electron chi connectivity index (χ3n) is 6.61. The minimum Gasteiger partial charge on any atom is -0.476 e. The molecule has 0 radical (unpaired) electrons. The van der Waals surface area contributed by atoms with E-state index in [4.69, 9.17) is 19.4 Å². The van der Waals surface area contributed by atoms with E-state index in [0.29, 0.717) is 13.2 Å². The lowest BCUT2D eigenvalue weighted by molar-refractivity contribution is 0.0967. The lowest BCUT2D eigenvalue weighted by atomic mass is 9.94. The van der Waals surface area contributed by atoms with Crippen LogP contribution >= 0.6 is 0 Å². The summed E-state index contributed by atoms with van der Waals surface area (Å²) in [6.45, 7) is 4.87. The predicted octanol–water partition coefficient (Wildman–Crippen LogP) is 2.44. The van der Waals surface area contributed by atoms with Crippen molar-refractivity contribution in [1.82, 2.24) is 9.78 Å². The van der Waals surface area contributed by atoms with Crippen LogP contribution in [0.4, 0.5) is 5.69 Å². The lowest BCUT2D eigenvalue weighted by Crippen LogP contribution is -2.33. The van der Waals surface area contributed by atoms with Crippen LogP contribution in [0.1, 0.15) is 53.0 Å². The number of nitrogens with two attached hydrogens (primary N) is 1. The van der Waals surface area contributed by atoms with Gasteiger partial charge in [0.05, 0.1) is 19.3 Å². The Morgan fingerprint density at radius 2 is 2.12 bits per heavy atom. The largest absolute Gasteiger partial charge is 0.476 e. The van der Waals surface area contributed by atoms with E-state index < -0.39 is 15.8 Å². The summed E-state index contributed by atoms with van der Waals surface area (Å²) in [6, 6.07) is 2.25. The lowest BCUT2D eigenvalue weighted by Gasteiger charge is -2.30. The molecule has 1 aliphatic heterocycles. The minimum absolute atomic E-state index is 0.0883. The van der Waals surface area contributed by atoms with Crippen LogP contribution in [0.2, 0.25) is 0 Å². The molecule has 2 aliphatic carbocycles. The van der Waals surface area contributed by atoms with E-state index >= 15 is 0 Å². The number of hydrogen-bond acceptors (Lipinski definition) is 6. The molecule has 0 spiro atoms. The maximum atomic E-state index is 13.5. The SMILES string of the molecule is CO[C@H]1Cc2cc3c(c(NC(=O)c4nn5c(c4S(=N)(N)=O)OCC(C)(C)C5)c2C1)CCC3. The molecule has 9 nitrogen and oxygen atoms in total. The number of aryl methyl sites for hydroxylation is 1. The number of methoxy groups -OCH3 is 1. The molecular weight excluding hydrogens is 430 g/mol. The number of hydrogen-bond donors (Lipinski definition) is 3. The molecule has 1 aromatic heterocycles. The van der Waals surface area contributed by atoms with Crippen LogP contribution in [-0.2, 0) is 46.9 Å². The zero-order valence-corrected chi connectivity index (χ0v) is 19.4. The first-order valence-electron chi connectivity index (χ1n) is 10.9. The van der Waals surface area contributed by atoms with Crippen molar-refractivity contribution in [3.8, 4) is 5.88 Å². The number of nitrogens with zero attached hydrogens (tertiary/aromatic N) is 2. The van der Waals surface area contributed by atoms with Gasteiger partial charge in [-0.15, -0.1) is 0 Å². The molecule has 4 N–H and O–H groups in total. The summed E-state index contributed by atoms with van der Waals surface area (Å²) < 4.78 is 33.5. The second-order valence-corrected chi connectivity index (χ2v) is 11.4. The monoisotopic (exact) mass is 459 g/mol. The van der Waals surface area contributed by atoms with Gasteiger partial charge in [-0.05, 0) is 47.9 Å². The van der Waals surface area contributed by atoms with Crippen LogP contribution in [0.5, 0.6) is 5.88 Å². The summed E-state index contributed by atoms with van der Waals surface area (Å²) in [5.41, 5.74) is 5.19. The number of anilines is 1.